The number of halogens is 1. The topological polar surface area (TPSA) is 78.5 Å². The van der Waals surface area contributed by atoms with Crippen LogP contribution in [0, 0.1) is 0 Å². The molecule has 2 rings (SSSR count). The molecule has 0 aromatic heterocycles. The van der Waals surface area contributed by atoms with E-state index in [1.807, 2.05) is 0 Å². The standard InChI is InChI=1S/C14H21N3O3S.ClH/c1-2-14(18)16-12-4-6-13(7-5-12)21(19,20)17-10-3-8-15-9-11-17;/h4-7,15H,2-3,8-11H2,1H3,(H,16,18);1H. The third-order valence-corrected chi connectivity index (χ3v) is 5.31. The molecule has 22 heavy (non-hydrogen) atoms. The van der Waals surface area contributed by atoms with Gasteiger partial charge >= 0.3 is 0 Å². The van der Waals surface area contributed by atoms with Crippen molar-refractivity contribution in [2.24, 2.45) is 0 Å². The molecule has 6 nitrogen and oxygen atoms in total. The Labute approximate surface area is 137 Å². The quantitative estimate of drug-likeness (QED) is 0.864. The molecule has 1 aromatic carbocycles. The molecule has 8 heteroatoms. The monoisotopic (exact) mass is 347 g/mol. The second-order valence-corrected chi connectivity index (χ2v) is 6.87. The fourth-order valence-electron chi connectivity index (χ4n) is 2.17. The summed E-state index contributed by atoms with van der Waals surface area (Å²) in [5.74, 6) is -0.0933. The highest BCUT2D eigenvalue weighted by Gasteiger charge is 2.24. The summed E-state index contributed by atoms with van der Waals surface area (Å²) < 4.78 is 26.6. The lowest BCUT2D eigenvalue weighted by atomic mass is 10.3. The zero-order chi connectivity index (χ0) is 15.3. The van der Waals surface area contributed by atoms with E-state index in [4.69, 9.17) is 0 Å². The van der Waals surface area contributed by atoms with Crippen molar-refractivity contribution in [1.29, 1.82) is 0 Å². The largest absolute Gasteiger partial charge is 0.326 e. The summed E-state index contributed by atoms with van der Waals surface area (Å²) in [7, 11) is -3.46. The molecule has 1 aliphatic rings. The molecule has 1 aromatic rings. The minimum Gasteiger partial charge on any atom is -0.326 e. The Hall–Kier alpha value is -1.15. The van der Waals surface area contributed by atoms with Crippen LogP contribution in [0.25, 0.3) is 0 Å². The van der Waals surface area contributed by atoms with Crippen LogP contribution in [-0.2, 0) is 14.8 Å². The first-order valence-electron chi connectivity index (χ1n) is 7.15. The highest BCUT2D eigenvalue weighted by atomic mass is 35.5. The van der Waals surface area contributed by atoms with Gasteiger partial charge in [0.05, 0.1) is 4.90 Å². The SMILES string of the molecule is CCC(=O)Nc1ccc(S(=O)(=O)N2CCCNCC2)cc1.Cl. The number of benzene rings is 1. The average molecular weight is 348 g/mol. The normalized spacial score (nSPS) is 16.4. The Balaban J connectivity index is 0.00000242. The van der Waals surface area contributed by atoms with Gasteiger partial charge in [-0.15, -0.1) is 12.4 Å². The van der Waals surface area contributed by atoms with E-state index in [9.17, 15) is 13.2 Å². The number of nitrogens with zero attached hydrogens (tertiary/aromatic N) is 1. The predicted molar refractivity (Wildman–Crippen MR) is 88.9 cm³/mol. The minimum absolute atomic E-state index is 0. The molecule has 0 radical (unpaired) electrons. The van der Waals surface area contributed by atoms with Crippen molar-refractivity contribution in [3.63, 3.8) is 0 Å². The first kappa shape index (κ1) is 18.9. The van der Waals surface area contributed by atoms with E-state index in [2.05, 4.69) is 10.6 Å². The molecular weight excluding hydrogens is 326 g/mol. The molecule has 0 saturated carbocycles. The third-order valence-electron chi connectivity index (χ3n) is 3.40. The zero-order valence-electron chi connectivity index (χ0n) is 12.5. The molecule has 0 aliphatic carbocycles. The second-order valence-electron chi connectivity index (χ2n) is 4.93. The van der Waals surface area contributed by atoms with E-state index in [1.165, 1.54) is 4.31 Å². The fraction of sp³-hybridized carbons (Fsp3) is 0.500. The molecule has 0 atom stereocenters. The second kappa shape index (κ2) is 8.47. The van der Waals surface area contributed by atoms with Gasteiger partial charge in [-0.05, 0) is 37.2 Å². The maximum Gasteiger partial charge on any atom is 0.243 e. The Kier molecular flexibility index (Phi) is 7.28. The molecule has 0 bridgehead atoms. The molecule has 0 unspecified atom stereocenters. The Bertz CT molecular complexity index is 582. The first-order chi connectivity index (χ1) is 10.0. The van der Waals surface area contributed by atoms with Crippen LogP contribution in [0.5, 0.6) is 0 Å². The van der Waals surface area contributed by atoms with Gasteiger partial charge in [-0.1, -0.05) is 6.92 Å². The molecule has 1 aliphatic heterocycles. The summed E-state index contributed by atoms with van der Waals surface area (Å²) in [4.78, 5) is 11.6. The molecule has 1 fully saturated rings. The number of nitrogens with one attached hydrogen (secondary N) is 2. The lowest BCUT2D eigenvalue weighted by Gasteiger charge is -2.19. The summed E-state index contributed by atoms with van der Waals surface area (Å²) in [6, 6.07) is 6.32. The molecule has 124 valence electrons. The van der Waals surface area contributed by atoms with Crippen LogP contribution in [0.1, 0.15) is 19.8 Å². The van der Waals surface area contributed by atoms with Crippen molar-refractivity contribution < 1.29 is 13.2 Å². The van der Waals surface area contributed by atoms with Crippen molar-refractivity contribution in [1.82, 2.24) is 9.62 Å². The minimum atomic E-state index is -3.46. The Morgan fingerprint density at radius 3 is 2.55 bits per heavy atom. The van der Waals surface area contributed by atoms with Gasteiger partial charge in [0.2, 0.25) is 15.9 Å². The maximum atomic E-state index is 12.5. The van der Waals surface area contributed by atoms with Crippen molar-refractivity contribution >= 4 is 34.0 Å². The van der Waals surface area contributed by atoms with E-state index < -0.39 is 10.0 Å². The van der Waals surface area contributed by atoms with Crippen LogP contribution in [0.3, 0.4) is 0 Å². The lowest BCUT2D eigenvalue weighted by Crippen LogP contribution is -2.34. The van der Waals surface area contributed by atoms with Crippen LogP contribution in [0.15, 0.2) is 29.2 Å². The summed E-state index contributed by atoms with van der Waals surface area (Å²) in [5, 5.41) is 5.89. The van der Waals surface area contributed by atoms with Gasteiger partial charge in [-0.3, -0.25) is 4.79 Å². The van der Waals surface area contributed by atoms with E-state index in [0.717, 1.165) is 13.0 Å². The van der Waals surface area contributed by atoms with Crippen molar-refractivity contribution in [3.8, 4) is 0 Å². The highest BCUT2D eigenvalue weighted by molar-refractivity contribution is 7.89. The van der Waals surface area contributed by atoms with Crippen molar-refractivity contribution in [2.45, 2.75) is 24.7 Å². The average Bonchev–Trinajstić information content (AvgIpc) is 2.77. The Morgan fingerprint density at radius 1 is 1.23 bits per heavy atom. The maximum absolute atomic E-state index is 12.5. The van der Waals surface area contributed by atoms with Crippen LogP contribution in [0.4, 0.5) is 5.69 Å². The highest BCUT2D eigenvalue weighted by Crippen LogP contribution is 2.19. The molecule has 0 spiro atoms. The number of sulfonamides is 1. The van der Waals surface area contributed by atoms with Crippen LogP contribution >= 0.6 is 12.4 Å². The summed E-state index contributed by atoms with van der Waals surface area (Å²) in [6.45, 7) is 4.29. The van der Waals surface area contributed by atoms with Gasteiger partial charge < -0.3 is 10.6 Å². The number of hydrogen-bond acceptors (Lipinski definition) is 4. The van der Waals surface area contributed by atoms with E-state index in [-0.39, 0.29) is 23.2 Å². The van der Waals surface area contributed by atoms with Gasteiger partial charge in [-0.25, -0.2) is 8.42 Å². The number of rotatable bonds is 4. The first-order valence-corrected chi connectivity index (χ1v) is 8.59. The Morgan fingerprint density at radius 2 is 1.91 bits per heavy atom. The number of carbonyl (C=O) groups excluding carboxylic acids is 1. The number of anilines is 1. The van der Waals surface area contributed by atoms with E-state index >= 15 is 0 Å². The van der Waals surface area contributed by atoms with Crippen LogP contribution in [0.2, 0.25) is 0 Å². The number of hydrogen-bond donors (Lipinski definition) is 2. The fourth-order valence-corrected chi connectivity index (χ4v) is 3.65. The van der Waals surface area contributed by atoms with Crippen molar-refractivity contribution in [3.05, 3.63) is 24.3 Å². The van der Waals surface area contributed by atoms with Crippen molar-refractivity contribution in [2.75, 3.05) is 31.5 Å². The van der Waals surface area contributed by atoms with Gasteiger partial charge in [0.1, 0.15) is 0 Å². The van der Waals surface area contributed by atoms with Gasteiger partial charge in [-0.2, -0.15) is 4.31 Å². The smallest absolute Gasteiger partial charge is 0.243 e. The summed E-state index contributed by atoms with van der Waals surface area (Å²) in [5.41, 5.74) is 0.610. The number of amides is 1. The molecule has 1 heterocycles. The van der Waals surface area contributed by atoms with E-state index in [1.54, 1.807) is 31.2 Å². The van der Waals surface area contributed by atoms with E-state index in [0.29, 0.717) is 31.7 Å². The third kappa shape index (κ3) is 4.67. The molecular formula is C14H22ClN3O3S. The van der Waals surface area contributed by atoms with Crippen LogP contribution in [-0.4, -0.2) is 44.8 Å². The summed E-state index contributed by atoms with van der Waals surface area (Å²) in [6.07, 6.45) is 1.20. The lowest BCUT2D eigenvalue weighted by molar-refractivity contribution is -0.115. The van der Waals surface area contributed by atoms with Gasteiger partial charge in [0.25, 0.3) is 0 Å². The zero-order valence-corrected chi connectivity index (χ0v) is 14.2. The summed E-state index contributed by atoms with van der Waals surface area (Å²) >= 11 is 0. The van der Waals surface area contributed by atoms with Gasteiger partial charge in [0.15, 0.2) is 0 Å². The molecule has 1 amide bonds. The van der Waals surface area contributed by atoms with Crippen LogP contribution < -0.4 is 10.6 Å². The number of carbonyl (C=O) groups is 1. The van der Waals surface area contributed by atoms with Gasteiger partial charge in [0, 0.05) is 31.7 Å². The molecule has 2 N–H and O–H groups in total. The predicted octanol–water partition coefficient (Wildman–Crippen LogP) is 1.44. The molecule has 1 saturated heterocycles.